The fourth-order valence-electron chi connectivity index (χ4n) is 3.97. The van der Waals surface area contributed by atoms with Gasteiger partial charge in [-0.3, -0.25) is 0 Å². The standard InChI is InChI=1S/C22H24N6OS/c30-22(23-13-18-8-5-11-29-18)26-21-24-19(27-9-3-4-10-27)12-20(25-21)28-14-16-6-1-2-7-17(16)15-28/h1-2,5-8,11-12H,3-4,9-10,13-15H2,(H2,23,24,25,26,30). The quantitative estimate of drug-likeness (QED) is 0.606. The average molecular weight is 421 g/mol. The smallest absolute Gasteiger partial charge is 0.232 e. The monoisotopic (exact) mass is 420 g/mol. The number of anilines is 3. The maximum Gasteiger partial charge on any atom is 0.232 e. The van der Waals surface area contributed by atoms with E-state index in [1.54, 1.807) is 6.26 Å². The first-order valence-electron chi connectivity index (χ1n) is 10.3. The van der Waals surface area contributed by atoms with Crippen LogP contribution in [0.2, 0.25) is 0 Å². The number of aromatic nitrogens is 2. The molecule has 4 heterocycles. The summed E-state index contributed by atoms with van der Waals surface area (Å²) in [4.78, 5) is 14.1. The Bertz CT molecular complexity index is 1010. The molecular weight excluding hydrogens is 396 g/mol. The molecule has 0 atom stereocenters. The van der Waals surface area contributed by atoms with Gasteiger partial charge in [-0.05, 0) is 48.3 Å². The first kappa shape index (κ1) is 18.9. The van der Waals surface area contributed by atoms with Crippen LogP contribution in [0, 0.1) is 0 Å². The Hall–Kier alpha value is -3.13. The summed E-state index contributed by atoms with van der Waals surface area (Å²) >= 11 is 5.45. The van der Waals surface area contributed by atoms with Gasteiger partial charge in [-0.25, -0.2) is 0 Å². The van der Waals surface area contributed by atoms with Crippen molar-refractivity contribution in [1.82, 2.24) is 15.3 Å². The maximum absolute atomic E-state index is 5.45. The number of rotatable bonds is 5. The van der Waals surface area contributed by atoms with Crippen LogP contribution in [0.25, 0.3) is 0 Å². The van der Waals surface area contributed by atoms with Crippen LogP contribution in [0.1, 0.15) is 29.7 Å². The van der Waals surface area contributed by atoms with Crippen LogP contribution in [0.5, 0.6) is 0 Å². The van der Waals surface area contributed by atoms with Crippen LogP contribution < -0.4 is 20.4 Å². The lowest BCUT2D eigenvalue weighted by Gasteiger charge is -2.22. The normalized spacial score (nSPS) is 15.3. The molecule has 5 rings (SSSR count). The fourth-order valence-corrected chi connectivity index (χ4v) is 4.13. The Morgan fingerprint density at radius 2 is 1.67 bits per heavy atom. The molecular formula is C22H24N6OS. The predicted octanol–water partition coefficient (Wildman–Crippen LogP) is 3.68. The SMILES string of the molecule is S=C(NCc1ccco1)Nc1nc(N2CCCC2)cc(N2Cc3ccccc3C2)n1. The first-order valence-corrected chi connectivity index (χ1v) is 10.7. The van der Waals surface area contributed by atoms with E-state index in [0.29, 0.717) is 17.6 Å². The Balaban J connectivity index is 1.36. The molecule has 0 spiro atoms. The van der Waals surface area contributed by atoms with Gasteiger partial charge in [-0.1, -0.05) is 24.3 Å². The molecule has 7 nitrogen and oxygen atoms in total. The van der Waals surface area contributed by atoms with E-state index < -0.39 is 0 Å². The molecule has 0 saturated carbocycles. The number of furan rings is 1. The zero-order valence-electron chi connectivity index (χ0n) is 16.7. The second-order valence-electron chi connectivity index (χ2n) is 7.61. The van der Waals surface area contributed by atoms with Crippen LogP contribution in [0.3, 0.4) is 0 Å². The van der Waals surface area contributed by atoms with E-state index in [-0.39, 0.29) is 0 Å². The third kappa shape index (κ3) is 4.09. The summed E-state index contributed by atoms with van der Waals surface area (Å²) in [6.07, 6.45) is 4.04. The van der Waals surface area contributed by atoms with E-state index in [1.165, 1.54) is 24.0 Å². The molecule has 1 fully saturated rings. The van der Waals surface area contributed by atoms with Crippen molar-refractivity contribution in [2.45, 2.75) is 32.5 Å². The molecule has 2 N–H and O–H groups in total. The minimum Gasteiger partial charge on any atom is -0.467 e. The highest BCUT2D eigenvalue weighted by atomic mass is 32.1. The summed E-state index contributed by atoms with van der Waals surface area (Å²) in [5.74, 6) is 3.20. The summed E-state index contributed by atoms with van der Waals surface area (Å²) in [6.45, 7) is 4.27. The molecule has 154 valence electrons. The van der Waals surface area contributed by atoms with E-state index in [4.69, 9.17) is 26.6 Å². The molecule has 1 aromatic carbocycles. The molecule has 0 aliphatic carbocycles. The zero-order valence-corrected chi connectivity index (χ0v) is 17.5. The van der Waals surface area contributed by atoms with Crippen molar-refractivity contribution in [2.24, 2.45) is 0 Å². The molecule has 0 bridgehead atoms. The summed E-state index contributed by atoms with van der Waals surface area (Å²) in [6, 6.07) is 14.4. The molecule has 2 aliphatic heterocycles. The van der Waals surface area contributed by atoms with Crippen molar-refractivity contribution < 1.29 is 4.42 Å². The summed E-state index contributed by atoms with van der Waals surface area (Å²) < 4.78 is 5.34. The number of nitrogens with zero attached hydrogens (tertiary/aromatic N) is 4. The number of thiocarbonyl (C=S) groups is 1. The Kier molecular flexibility index (Phi) is 5.23. The van der Waals surface area contributed by atoms with Crippen molar-refractivity contribution in [3.63, 3.8) is 0 Å². The fraction of sp³-hybridized carbons (Fsp3) is 0.318. The van der Waals surface area contributed by atoms with Crippen LogP contribution in [-0.4, -0.2) is 28.2 Å². The number of hydrogen-bond acceptors (Lipinski definition) is 6. The highest BCUT2D eigenvalue weighted by molar-refractivity contribution is 7.80. The molecule has 0 unspecified atom stereocenters. The molecule has 1 saturated heterocycles. The molecule has 2 aliphatic rings. The lowest BCUT2D eigenvalue weighted by molar-refractivity contribution is 0.503. The number of hydrogen-bond donors (Lipinski definition) is 2. The molecule has 0 amide bonds. The number of fused-ring (bicyclic) bond motifs is 1. The summed E-state index contributed by atoms with van der Waals surface area (Å²) in [5.41, 5.74) is 2.70. The topological polar surface area (TPSA) is 69.5 Å². The first-order chi connectivity index (χ1) is 14.7. The van der Waals surface area contributed by atoms with Gasteiger partial charge < -0.3 is 24.9 Å². The van der Waals surface area contributed by atoms with Gasteiger partial charge in [0.25, 0.3) is 0 Å². The van der Waals surface area contributed by atoms with Gasteiger partial charge in [-0.15, -0.1) is 0 Å². The van der Waals surface area contributed by atoms with E-state index in [0.717, 1.165) is 43.6 Å². The van der Waals surface area contributed by atoms with E-state index in [9.17, 15) is 0 Å². The van der Waals surface area contributed by atoms with Crippen molar-refractivity contribution in [1.29, 1.82) is 0 Å². The van der Waals surface area contributed by atoms with Gasteiger partial charge in [0.15, 0.2) is 5.11 Å². The highest BCUT2D eigenvalue weighted by Gasteiger charge is 2.23. The molecule has 3 aromatic rings. The van der Waals surface area contributed by atoms with Gasteiger partial charge in [0.05, 0.1) is 12.8 Å². The van der Waals surface area contributed by atoms with Crippen molar-refractivity contribution >= 4 is 34.9 Å². The summed E-state index contributed by atoms with van der Waals surface area (Å²) in [7, 11) is 0. The van der Waals surface area contributed by atoms with Gasteiger partial charge in [0.2, 0.25) is 5.95 Å². The van der Waals surface area contributed by atoms with Crippen LogP contribution in [0.4, 0.5) is 17.6 Å². The lowest BCUT2D eigenvalue weighted by atomic mass is 10.1. The number of benzene rings is 1. The van der Waals surface area contributed by atoms with E-state index in [2.05, 4.69) is 50.8 Å². The van der Waals surface area contributed by atoms with Crippen molar-refractivity contribution in [3.05, 3.63) is 65.6 Å². The molecule has 0 radical (unpaired) electrons. The number of nitrogens with one attached hydrogen (secondary N) is 2. The largest absolute Gasteiger partial charge is 0.467 e. The third-order valence-electron chi connectivity index (χ3n) is 5.52. The van der Waals surface area contributed by atoms with Gasteiger partial charge in [-0.2, -0.15) is 9.97 Å². The lowest BCUT2D eigenvalue weighted by Crippen LogP contribution is -2.29. The van der Waals surface area contributed by atoms with Crippen molar-refractivity contribution in [2.75, 3.05) is 28.2 Å². The Morgan fingerprint density at radius 1 is 0.967 bits per heavy atom. The minimum atomic E-state index is 0.473. The summed E-state index contributed by atoms with van der Waals surface area (Å²) in [5, 5.41) is 6.77. The minimum absolute atomic E-state index is 0.473. The van der Waals surface area contributed by atoms with Gasteiger partial charge in [0, 0.05) is 32.2 Å². The highest BCUT2D eigenvalue weighted by Crippen LogP contribution is 2.30. The maximum atomic E-state index is 5.45. The predicted molar refractivity (Wildman–Crippen MR) is 122 cm³/mol. The van der Waals surface area contributed by atoms with E-state index in [1.807, 2.05) is 12.1 Å². The Morgan fingerprint density at radius 3 is 2.33 bits per heavy atom. The Labute approximate surface area is 181 Å². The van der Waals surface area contributed by atoms with Crippen LogP contribution in [-0.2, 0) is 19.6 Å². The zero-order chi connectivity index (χ0) is 20.3. The second-order valence-corrected chi connectivity index (χ2v) is 8.02. The third-order valence-corrected chi connectivity index (χ3v) is 5.77. The second kappa shape index (κ2) is 8.31. The van der Waals surface area contributed by atoms with Crippen LogP contribution in [0.15, 0.2) is 53.1 Å². The molecule has 8 heteroatoms. The van der Waals surface area contributed by atoms with Gasteiger partial charge in [0.1, 0.15) is 17.4 Å². The molecule has 30 heavy (non-hydrogen) atoms. The van der Waals surface area contributed by atoms with Gasteiger partial charge >= 0.3 is 0 Å². The average Bonchev–Trinajstić information content (AvgIpc) is 3.53. The van der Waals surface area contributed by atoms with Crippen LogP contribution >= 0.6 is 12.2 Å². The molecule has 2 aromatic heterocycles. The van der Waals surface area contributed by atoms with Crippen molar-refractivity contribution in [3.8, 4) is 0 Å². The van der Waals surface area contributed by atoms with E-state index >= 15 is 0 Å².